The maximum absolute atomic E-state index is 12.2. The molecule has 2 N–H and O–H groups in total. The lowest BCUT2D eigenvalue weighted by molar-refractivity contribution is -0.132. The number of rotatable bonds is 3. The van der Waals surface area contributed by atoms with Crippen molar-refractivity contribution in [3.05, 3.63) is 35.9 Å². The van der Waals surface area contributed by atoms with Crippen molar-refractivity contribution in [1.29, 1.82) is 0 Å². The van der Waals surface area contributed by atoms with E-state index in [1.54, 1.807) is 0 Å². The molecule has 0 bridgehead atoms. The Bertz CT molecular complexity index is 464. The maximum Gasteiger partial charge on any atom is 0.226 e. The van der Waals surface area contributed by atoms with Crippen LogP contribution in [0.15, 0.2) is 30.3 Å². The van der Waals surface area contributed by atoms with E-state index < -0.39 is 0 Å². The van der Waals surface area contributed by atoms with Crippen LogP contribution in [0.25, 0.3) is 0 Å². The molecule has 0 aliphatic carbocycles. The van der Waals surface area contributed by atoms with Crippen LogP contribution in [-0.2, 0) is 11.2 Å². The van der Waals surface area contributed by atoms with Gasteiger partial charge in [-0.25, -0.2) is 0 Å². The van der Waals surface area contributed by atoms with Crippen LogP contribution in [0.5, 0.6) is 0 Å². The summed E-state index contributed by atoms with van der Waals surface area (Å²) in [5.41, 5.74) is 6.76. The minimum absolute atomic E-state index is 0.0845. The van der Waals surface area contributed by atoms with Crippen molar-refractivity contribution >= 4 is 23.1 Å². The van der Waals surface area contributed by atoms with Gasteiger partial charge in [0.1, 0.15) is 0 Å². The largest absolute Gasteiger partial charge is 0.393 e. The van der Waals surface area contributed by atoms with Gasteiger partial charge in [-0.2, -0.15) is 0 Å². The summed E-state index contributed by atoms with van der Waals surface area (Å²) >= 11 is 5.11. The number of nitrogens with two attached hydrogens (primary N) is 1. The van der Waals surface area contributed by atoms with E-state index in [0.717, 1.165) is 31.5 Å². The van der Waals surface area contributed by atoms with Gasteiger partial charge in [-0.05, 0) is 18.4 Å². The number of hydrogen-bond acceptors (Lipinski definition) is 2. The minimum Gasteiger partial charge on any atom is -0.393 e. The number of benzene rings is 1. The number of amides is 1. The van der Waals surface area contributed by atoms with Crippen molar-refractivity contribution in [2.45, 2.75) is 26.2 Å². The summed E-state index contributed by atoms with van der Waals surface area (Å²) in [6, 6.07) is 9.86. The third-order valence-corrected chi connectivity index (χ3v) is 4.51. The Morgan fingerprint density at radius 1 is 1.32 bits per heavy atom. The predicted molar refractivity (Wildman–Crippen MR) is 80.9 cm³/mol. The molecule has 3 nitrogen and oxygen atoms in total. The maximum atomic E-state index is 12.2. The molecule has 0 saturated carbocycles. The average molecular weight is 276 g/mol. The van der Waals surface area contributed by atoms with E-state index in [1.165, 1.54) is 0 Å². The van der Waals surface area contributed by atoms with E-state index in [1.807, 2.05) is 35.2 Å². The molecule has 19 heavy (non-hydrogen) atoms. The molecule has 0 radical (unpaired) electrons. The van der Waals surface area contributed by atoms with Gasteiger partial charge in [-0.3, -0.25) is 4.79 Å². The predicted octanol–water partition coefficient (Wildman–Crippen LogP) is 2.14. The van der Waals surface area contributed by atoms with Crippen LogP contribution in [0.3, 0.4) is 0 Å². The van der Waals surface area contributed by atoms with Crippen LogP contribution in [0.4, 0.5) is 0 Å². The number of thiocarbonyl (C=S) groups is 1. The molecule has 2 rings (SSSR count). The quantitative estimate of drug-likeness (QED) is 0.860. The monoisotopic (exact) mass is 276 g/mol. The minimum atomic E-state index is -0.0845. The highest BCUT2D eigenvalue weighted by Crippen LogP contribution is 2.31. The Morgan fingerprint density at radius 3 is 2.42 bits per heavy atom. The van der Waals surface area contributed by atoms with Crippen LogP contribution < -0.4 is 5.73 Å². The Balaban J connectivity index is 1.91. The third-order valence-electron chi connectivity index (χ3n) is 4.01. The third kappa shape index (κ3) is 3.32. The lowest BCUT2D eigenvalue weighted by Gasteiger charge is -2.38. The highest BCUT2D eigenvalue weighted by molar-refractivity contribution is 7.80. The molecular weight excluding hydrogens is 256 g/mol. The summed E-state index contributed by atoms with van der Waals surface area (Å²) < 4.78 is 0. The summed E-state index contributed by atoms with van der Waals surface area (Å²) in [7, 11) is 0. The van der Waals surface area contributed by atoms with Crippen LogP contribution in [0.1, 0.15) is 25.3 Å². The number of nitrogens with zero attached hydrogens (tertiary/aromatic N) is 1. The van der Waals surface area contributed by atoms with Crippen molar-refractivity contribution in [1.82, 2.24) is 4.90 Å². The van der Waals surface area contributed by atoms with E-state index in [9.17, 15) is 4.79 Å². The topological polar surface area (TPSA) is 46.3 Å². The van der Waals surface area contributed by atoms with Gasteiger partial charge >= 0.3 is 0 Å². The first kappa shape index (κ1) is 14.0. The van der Waals surface area contributed by atoms with E-state index >= 15 is 0 Å². The van der Waals surface area contributed by atoms with Gasteiger partial charge in [0.15, 0.2) is 0 Å². The standard InChI is InChI=1S/C15H20N2OS/c1-15(14(16)19)7-9-17(10-8-15)13(18)11-12-5-3-2-4-6-12/h2-6H,7-11H2,1H3,(H2,16,19). The van der Waals surface area contributed by atoms with Crippen molar-refractivity contribution in [3.8, 4) is 0 Å². The molecule has 1 saturated heterocycles. The first-order valence-electron chi connectivity index (χ1n) is 6.63. The first-order chi connectivity index (χ1) is 9.01. The fraction of sp³-hybridized carbons (Fsp3) is 0.467. The smallest absolute Gasteiger partial charge is 0.226 e. The van der Waals surface area contributed by atoms with Crippen LogP contribution >= 0.6 is 12.2 Å². The van der Waals surface area contributed by atoms with Gasteiger partial charge in [0.05, 0.1) is 11.4 Å². The molecule has 1 amide bonds. The average Bonchev–Trinajstić information content (AvgIpc) is 2.40. The Hall–Kier alpha value is -1.42. The Labute approximate surface area is 119 Å². The number of hydrogen-bond donors (Lipinski definition) is 1. The van der Waals surface area contributed by atoms with Crippen molar-refractivity contribution in [2.75, 3.05) is 13.1 Å². The highest BCUT2D eigenvalue weighted by Gasteiger charge is 2.33. The highest BCUT2D eigenvalue weighted by atomic mass is 32.1. The molecular formula is C15H20N2OS. The second-order valence-corrected chi connectivity index (χ2v) is 5.91. The Kier molecular flexibility index (Phi) is 4.20. The van der Waals surface area contributed by atoms with E-state index in [-0.39, 0.29) is 11.3 Å². The van der Waals surface area contributed by atoms with Crippen molar-refractivity contribution < 1.29 is 4.79 Å². The number of carbonyl (C=O) groups excluding carboxylic acids is 1. The molecule has 1 aliphatic heterocycles. The fourth-order valence-corrected chi connectivity index (χ4v) is 2.58. The van der Waals surface area contributed by atoms with Gasteiger partial charge in [-0.1, -0.05) is 49.5 Å². The molecule has 0 unspecified atom stereocenters. The molecule has 1 fully saturated rings. The number of piperidine rings is 1. The lowest BCUT2D eigenvalue weighted by Crippen LogP contribution is -2.47. The zero-order valence-corrected chi connectivity index (χ0v) is 12.1. The lowest BCUT2D eigenvalue weighted by atomic mass is 9.80. The SMILES string of the molecule is CC1(C(N)=S)CCN(C(=O)Cc2ccccc2)CC1. The van der Waals surface area contributed by atoms with Gasteiger partial charge in [-0.15, -0.1) is 0 Å². The van der Waals surface area contributed by atoms with E-state index in [4.69, 9.17) is 18.0 Å². The van der Waals surface area contributed by atoms with E-state index in [0.29, 0.717) is 11.4 Å². The molecule has 0 spiro atoms. The van der Waals surface area contributed by atoms with E-state index in [2.05, 4.69) is 6.92 Å². The number of carbonyl (C=O) groups is 1. The summed E-state index contributed by atoms with van der Waals surface area (Å²) in [4.78, 5) is 14.7. The van der Waals surface area contributed by atoms with Crippen LogP contribution in [0, 0.1) is 5.41 Å². The molecule has 102 valence electrons. The molecule has 1 aliphatic rings. The molecule has 1 heterocycles. The zero-order valence-electron chi connectivity index (χ0n) is 11.3. The summed E-state index contributed by atoms with van der Waals surface area (Å²) in [5.74, 6) is 0.191. The Morgan fingerprint density at radius 2 is 1.89 bits per heavy atom. The molecule has 4 heteroatoms. The van der Waals surface area contributed by atoms with Gasteiger partial charge in [0.2, 0.25) is 5.91 Å². The van der Waals surface area contributed by atoms with Crippen LogP contribution in [-0.4, -0.2) is 28.9 Å². The normalized spacial score (nSPS) is 18.1. The molecule has 0 atom stereocenters. The van der Waals surface area contributed by atoms with Crippen molar-refractivity contribution in [2.24, 2.45) is 11.1 Å². The summed E-state index contributed by atoms with van der Waals surface area (Å²) in [6.45, 7) is 3.59. The van der Waals surface area contributed by atoms with Crippen LogP contribution in [0.2, 0.25) is 0 Å². The van der Waals surface area contributed by atoms with Gasteiger partial charge < -0.3 is 10.6 Å². The van der Waals surface area contributed by atoms with Gasteiger partial charge in [0, 0.05) is 18.5 Å². The first-order valence-corrected chi connectivity index (χ1v) is 7.04. The molecule has 1 aromatic rings. The second kappa shape index (κ2) is 5.70. The molecule has 1 aromatic carbocycles. The summed E-state index contributed by atoms with van der Waals surface area (Å²) in [5, 5.41) is 0. The second-order valence-electron chi connectivity index (χ2n) is 5.47. The van der Waals surface area contributed by atoms with Gasteiger partial charge in [0.25, 0.3) is 0 Å². The van der Waals surface area contributed by atoms with Crippen molar-refractivity contribution in [3.63, 3.8) is 0 Å². The summed E-state index contributed by atoms with van der Waals surface area (Å²) in [6.07, 6.45) is 2.20. The fourth-order valence-electron chi connectivity index (χ4n) is 2.38. The molecule has 0 aromatic heterocycles. The number of likely N-dealkylation sites (tertiary alicyclic amines) is 1. The zero-order chi connectivity index (χ0) is 13.9.